The van der Waals surface area contributed by atoms with Gasteiger partial charge in [0.25, 0.3) is 0 Å². The van der Waals surface area contributed by atoms with Gasteiger partial charge >= 0.3 is 5.97 Å². The molecule has 6 heteroatoms. The van der Waals surface area contributed by atoms with Crippen molar-refractivity contribution in [2.45, 2.75) is 79.1 Å². The lowest BCUT2D eigenvalue weighted by molar-refractivity contribution is -0.142. The smallest absolute Gasteiger partial charge is 0.303 e. The van der Waals surface area contributed by atoms with E-state index in [1.165, 1.54) is 13.3 Å². The molecule has 3 saturated carbocycles. The number of Topliss-reactive ketones (excluding diaryl/α,β-unsaturated/α-hetero) is 1. The van der Waals surface area contributed by atoms with Crippen LogP contribution in [0.3, 0.4) is 0 Å². The number of hydrogen-bond acceptors (Lipinski definition) is 4. The van der Waals surface area contributed by atoms with Gasteiger partial charge in [-0.1, -0.05) is 20.8 Å². The highest BCUT2D eigenvalue weighted by Crippen LogP contribution is 2.68. The predicted molar refractivity (Wildman–Crippen MR) is 120 cm³/mol. The zero-order valence-corrected chi connectivity index (χ0v) is 19.9. The zero-order chi connectivity index (χ0) is 23.4. The number of ketones is 1. The Morgan fingerprint density at radius 1 is 1.16 bits per heavy atom. The second-order valence-electron chi connectivity index (χ2n) is 11.5. The van der Waals surface area contributed by atoms with E-state index in [0.717, 1.165) is 37.7 Å². The fourth-order valence-corrected chi connectivity index (χ4v) is 8.81. The summed E-state index contributed by atoms with van der Waals surface area (Å²) >= 11 is 0. The summed E-state index contributed by atoms with van der Waals surface area (Å²) < 4.78 is 0. The van der Waals surface area contributed by atoms with Gasteiger partial charge < -0.3 is 15.5 Å². The Labute approximate surface area is 191 Å². The number of nitrogens with one attached hydrogen (secondary N) is 1. The lowest BCUT2D eigenvalue weighted by Crippen LogP contribution is -2.55. The number of aliphatic hydroxyl groups excluding tert-OH is 1. The third-order valence-electron chi connectivity index (χ3n) is 10.2. The molecule has 4 aliphatic carbocycles. The topological polar surface area (TPSA) is 104 Å². The van der Waals surface area contributed by atoms with Crippen molar-refractivity contribution >= 4 is 17.7 Å². The first-order valence-corrected chi connectivity index (χ1v) is 12.4. The Hall–Kier alpha value is -1.69. The molecule has 6 nitrogen and oxygen atoms in total. The first-order valence-electron chi connectivity index (χ1n) is 12.4. The molecule has 8 atom stereocenters. The average Bonchev–Trinajstić information content (AvgIpc) is 3.07. The minimum absolute atomic E-state index is 0.00554. The molecule has 0 aliphatic heterocycles. The minimum atomic E-state index is -0.855. The maximum Gasteiger partial charge on any atom is 0.303 e. The quantitative estimate of drug-likeness (QED) is 0.595. The van der Waals surface area contributed by atoms with Crippen molar-refractivity contribution in [1.29, 1.82) is 0 Å². The van der Waals surface area contributed by atoms with Crippen molar-refractivity contribution in [2.75, 3.05) is 6.61 Å². The van der Waals surface area contributed by atoms with Crippen molar-refractivity contribution in [3.63, 3.8) is 0 Å². The summed E-state index contributed by atoms with van der Waals surface area (Å²) in [6.07, 6.45) is 6.35. The van der Waals surface area contributed by atoms with Gasteiger partial charge in [0.05, 0.1) is 5.70 Å². The van der Waals surface area contributed by atoms with Gasteiger partial charge in [-0.3, -0.25) is 14.4 Å². The first kappa shape index (κ1) is 23.5. The molecule has 4 aliphatic rings. The number of carbonyl (C=O) groups is 3. The summed E-state index contributed by atoms with van der Waals surface area (Å²) in [5, 5.41) is 22.3. The second kappa shape index (κ2) is 8.27. The van der Waals surface area contributed by atoms with E-state index >= 15 is 0 Å². The summed E-state index contributed by atoms with van der Waals surface area (Å²) in [7, 11) is 0. The van der Waals surface area contributed by atoms with Crippen molar-refractivity contribution in [1.82, 2.24) is 5.32 Å². The van der Waals surface area contributed by atoms with Crippen LogP contribution in [0.4, 0.5) is 0 Å². The van der Waals surface area contributed by atoms with Crippen molar-refractivity contribution < 1.29 is 24.6 Å². The number of aliphatic hydroxyl groups is 1. The standard InChI is InChI=1S/C26H39NO5/c1-14(13-28)18-7-8-19-17-5-6-21-24(27-15(2)29)22(30)11-16(12-23(31)32)26(21,4)20(17)9-10-25(18,19)3/h14,16-20,28H,5-13H2,1-4H3,(H,27,29)(H,31,32)/t14-,16?,17+,18-,19+,20+,25-,26-/m1/s1. The zero-order valence-electron chi connectivity index (χ0n) is 19.9. The number of aliphatic carboxylic acids is 1. The first-order chi connectivity index (χ1) is 15.0. The molecule has 0 aromatic heterocycles. The van der Waals surface area contributed by atoms with Gasteiger partial charge in [0.15, 0.2) is 5.78 Å². The van der Waals surface area contributed by atoms with Crippen LogP contribution in [0, 0.1) is 46.3 Å². The van der Waals surface area contributed by atoms with Crippen LogP contribution < -0.4 is 5.32 Å². The van der Waals surface area contributed by atoms with Crippen LogP contribution in [0.15, 0.2) is 11.3 Å². The number of allylic oxidation sites excluding steroid dienone is 1. The van der Waals surface area contributed by atoms with E-state index in [2.05, 4.69) is 26.1 Å². The fraction of sp³-hybridized carbons (Fsp3) is 0.808. The van der Waals surface area contributed by atoms with Gasteiger partial charge in [-0.05, 0) is 90.4 Å². The Balaban J connectivity index is 1.75. The van der Waals surface area contributed by atoms with E-state index < -0.39 is 5.97 Å². The summed E-state index contributed by atoms with van der Waals surface area (Å²) in [5.41, 5.74) is 1.29. The molecule has 3 N–H and O–H groups in total. The number of rotatable bonds is 5. The highest BCUT2D eigenvalue weighted by Gasteiger charge is 2.62. The molecular weight excluding hydrogens is 406 g/mol. The van der Waals surface area contributed by atoms with Crippen LogP contribution in [0.5, 0.6) is 0 Å². The summed E-state index contributed by atoms with van der Waals surface area (Å²) in [6, 6.07) is 0. The molecule has 4 rings (SSSR count). The normalized spacial score (nSPS) is 42.0. The molecular formula is C26H39NO5. The Bertz CT molecular complexity index is 849. The summed E-state index contributed by atoms with van der Waals surface area (Å²) in [6.45, 7) is 8.44. The van der Waals surface area contributed by atoms with Crippen LogP contribution in [-0.2, 0) is 14.4 Å². The molecule has 0 aromatic carbocycles. The van der Waals surface area contributed by atoms with Crippen molar-refractivity contribution in [3.8, 4) is 0 Å². The summed E-state index contributed by atoms with van der Waals surface area (Å²) in [4.78, 5) is 36.6. The van der Waals surface area contributed by atoms with Gasteiger partial charge in [0.2, 0.25) is 5.91 Å². The molecule has 0 heterocycles. The van der Waals surface area contributed by atoms with Crippen molar-refractivity contribution in [3.05, 3.63) is 11.3 Å². The summed E-state index contributed by atoms with van der Waals surface area (Å²) in [5.74, 6) is 0.791. The monoisotopic (exact) mass is 445 g/mol. The lowest BCUT2D eigenvalue weighted by Gasteiger charge is -2.60. The van der Waals surface area contributed by atoms with Crippen LogP contribution in [0.25, 0.3) is 0 Å². The molecule has 3 fully saturated rings. The molecule has 178 valence electrons. The SMILES string of the molecule is CC(=O)NC1=C2CC[C@H]3[C@@H]4CC[C@H]([C@H](C)CO)[C@@]4(C)CC[C@@H]3[C@@]2(C)C(CC(=O)O)CC1=O. The van der Waals surface area contributed by atoms with E-state index in [0.29, 0.717) is 35.3 Å². The fourth-order valence-electron chi connectivity index (χ4n) is 8.81. The van der Waals surface area contributed by atoms with Crippen LogP contribution in [0.2, 0.25) is 0 Å². The largest absolute Gasteiger partial charge is 0.481 e. The van der Waals surface area contributed by atoms with Gasteiger partial charge in [-0.15, -0.1) is 0 Å². The van der Waals surface area contributed by atoms with E-state index in [-0.39, 0.29) is 47.9 Å². The van der Waals surface area contributed by atoms with Gasteiger partial charge in [-0.2, -0.15) is 0 Å². The molecule has 1 unspecified atom stereocenters. The molecule has 1 amide bonds. The van der Waals surface area contributed by atoms with E-state index in [9.17, 15) is 24.6 Å². The predicted octanol–water partition coefficient (Wildman–Crippen LogP) is 3.93. The highest BCUT2D eigenvalue weighted by molar-refractivity contribution is 6.00. The van der Waals surface area contributed by atoms with Crippen molar-refractivity contribution in [2.24, 2.45) is 46.3 Å². The number of carbonyl (C=O) groups excluding carboxylic acids is 2. The van der Waals surface area contributed by atoms with Gasteiger partial charge in [0.1, 0.15) is 0 Å². The Kier molecular flexibility index (Phi) is 6.06. The molecule has 0 radical (unpaired) electrons. The van der Waals surface area contributed by atoms with Crippen LogP contribution >= 0.6 is 0 Å². The maximum absolute atomic E-state index is 13.0. The van der Waals surface area contributed by atoms with Gasteiger partial charge in [0, 0.05) is 26.4 Å². The number of carboxylic acid groups (broad SMARTS) is 1. The third kappa shape index (κ3) is 3.44. The number of fused-ring (bicyclic) bond motifs is 5. The molecule has 0 saturated heterocycles. The van der Waals surface area contributed by atoms with Crippen LogP contribution in [0.1, 0.15) is 79.1 Å². The van der Waals surface area contributed by atoms with Gasteiger partial charge in [-0.25, -0.2) is 0 Å². The number of carboxylic acids is 1. The third-order valence-corrected chi connectivity index (χ3v) is 10.2. The van der Waals surface area contributed by atoms with Crippen LogP contribution in [-0.4, -0.2) is 34.5 Å². The molecule has 0 spiro atoms. The maximum atomic E-state index is 13.0. The van der Waals surface area contributed by atoms with E-state index in [1.807, 2.05) is 0 Å². The molecule has 32 heavy (non-hydrogen) atoms. The molecule has 0 bridgehead atoms. The molecule has 0 aromatic rings. The van der Waals surface area contributed by atoms with E-state index in [4.69, 9.17) is 0 Å². The average molecular weight is 446 g/mol. The van der Waals surface area contributed by atoms with E-state index in [1.54, 1.807) is 0 Å². The number of amides is 1. The Morgan fingerprint density at radius 3 is 2.50 bits per heavy atom. The number of hydrogen-bond donors (Lipinski definition) is 3. The Morgan fingerprint density at radius 2 is 1.88 bits per heavy atom. The highest BCUT2D eigenvalue weighted by atomic mass is 16.4. The minimum Gasteiger partial charge on any atom is -0.481 e. The second-order valence-corrected chi connectivity index (χ2v) is 11.5. The lowest BCUT2D eigenvalue weighted by atomic mass is 9.44.